The average molecular weight is 320 g/mol. The van der Waals surface area contributed by atoms with Gasteiger partial charge in [-0.15, -0.1) is 11.3 Å². The molecule has 0 radical (unpaired) electrons. The van der Waals surface area contributed by atoms with Crippen LogP contribution in [0.5, 0.6) is 0 Å². The fourth-order valence-corrected chi connectivity index (χ4v) is 4.51. The van der Waals surface area contributed by atoms with E-state index in [-0.39, 0.29) is 16.3 Å². The Kier molecular flexibility index (Phi) is 6.12. The first-order chi connectivity index (χ1) is 9.33. The second-order valence-electron chi connectivity index (χ2n) is 4.31. The van der Waals surface area contributed by atoms with Gasteiger partial charge in [-0.1, -0.05) is 13.8 Å². The summed E-state index contributed by atoms with van der Waals surface area (Å²) < 4.78 is 26.9. The van der Waals surface area contributed by atoms with Gasteiger partial charge in [-0.2, -0.15) is 0 Å². The molecule has 0 unspecified atom stereocenters. The van der Waals surface area contributed by atoms with E-state index < -0.39 is 16.0 Å². The van der Waals surface area contributed by atoms with Crippen molar-refractivity contribution in [1.82, 2.24) is 9.62 Å². The lowest BCUT2D eigenvalue weighted by molar-refractivity contribution is 0.0698. The number of sulfonamides is 1. The van der Waals surface area contributed by atoms with Crippen molar-refractivity contribution in [3.05, 3.63) is 15.8 Å². The van der Waals surface area contributed by atoms with Crippen LogP contribution in [0.25, 0.3) is 0 Å². The molecule has 0 bridgehead atoms. The van der Waals surface area contributed by atoms with Gasteiger partial charge in [-0.3, -0.25) is 0 Å². The first-order valence-corrected chi connectivity index (χ1v) is 8.73. The highest BCUT2D eigenvalue weighted by Gasteiger charge is 2.26. The molecule has 1 heterocycles. The zero-order chi connectivity index (χ0) is 15.3. The Labute approximate surface area is 123 Å². The summed E-state index contributed by atoms with van der Waals surface area (Å²) >= 11 is 0.931. The topological polar surface area (TPSA) is 86.7 Å². The van der Waals surface area contributed by atoms with E-state index >= 15 is 0 Å². The summed E-state index contributed by atoms with van der Waals surface area (Å²) in [5.41, 5.74) is 0.461. The molecule has 1 rings (SSSR count). The summed E-state index contributed by atoms with van der Waals surface area (Å²) in [4.78, 5) is 12.9. The van der Waals surface area contributed by atoms with Crippen LogP contribution < -0.4 is 4.72 Å². The smallest absolute Gasteiger partial charge is 0.347 e. The minimum Gasteiger partial charge on any atom is -0.477 e. The number of likely N-dealkylation sites (N-methyl/N-ethyl adjacent to an activating group) is 1. The minimum absolute atomic E-state index is 0.116. The number of carboxylic acid groups (broad SMARTS) is 1. The maximum Gasteiger partial charge on any atom is 0.347 e. The Balaban J connectivity index is 2.84. The van der Waals surface area contributed by atoms with Gasteiger partial charge < -0.3 is 10.0 Å². The Morgan fingerprint density at radius 3 is 2.50 bits per heavy atom. The molecule has 1 aromatic rings. The summed E-state index contributed by atoms with van der Waals surface area (Å²) in [7, 11) is -3.78. The van der Waals surface area contributed by atoms with Gasteiger partial charge in [0.2, 0.25) is 10.0 Å². The van der Waals surface area contributed by atoms with Crippen LogP contribution in [0.3, 0.4) is 0 Å². The number of aromatic carboxylic acids is 1. The number of carbonyl (C=O) groups is 1. The molecule has 0 amide bonds. The molecule has 8 heteroatoms. The predicted molar refractivity (Wildman–Crippen MR) is 79.0 cm³/mol. The number of hydrogen-bond donors (Lipinski definition) is 2. The zero-order valence-corrected chi connectivity index (χ0v) is 13.5. The van der Waals surface area contributed by atoms with Crippen molar-refractivity contribution in [3.63, 3.8) is 0 Å². The van der Waals surface area contributed by atoms with Crippen LogP contribution in [-0.2, 0) is 10.0 Å². The number of thiophene rings is 1. The van der Waals surface area contributed by atoms with Crippen molar-refractivity contribution >= 4 is 27.3 Å². The Morgan fingerprint density at radius 1 is 1.40 bits per heavy atom. The Bertz CT molecular complexity index is 562. The van der Waals surface area contributed by atoms with E-state index in [1.54, 1.807) is 12.3 Å². The molecule has 0 aliphatic carbocycles. The molecule has 2 N–H and O–H groups in total. The van der Waals surface area contributed by atoms with E-state index in [4.69, 9.17) is 5.11 Å². The summed E-state index contributed by atoms with van der Waals surface area (Å²) in [6.07, 6.45) is 0. The van der Waals surface area contributed by atoms with E-state index in [0.29, 0.717) is 12.1 Å². The standard InChI is InChI=1S/C12H20N2O4S2/c1-4-14(5-2)7-6-13-20(17,18)11-9(3)8-19-10(11)12(15)16/h8,13H,4-7H2,1-3H3,(H,15,16). The van der Waals surface area contributed by atoms with Crippen LogP contribution in [0.1, 0.15) is 29.1 Å². The number of hydrogen-bond acceptors (Lipinski definition) is 5. The third-order valence-corrected chi connectivity index (χ3v) is 5.86. The van der Waals surface area contributed by atoms with Gasteiger partial charge in [0, 0.05) is 13.1 Å². The van der Waals surface area contributed by atoms with Crippen LogP contribution in [-0.4, -0.2) is 50.6 Å². The van der Waals surface area contributed by atoms with Crippen molar-refractivity contribution in [2.45, 2.75) is 25.7 Å². The summed E-state index contributed by atoms with van der Waals surface area (Å²) in [5, 5.41) is 10.6. The quantitative estimate of drug-likeness (QED) is 0.755. The Morgan fingerprint density at radius 2 is 2.00 bits per heavy atom. The van der Waals surface area contributed by atoms with E-state index in [1.807, 2.05) is 13.8 Å². The van der Waals surface area contributed by atoms with Crippen molar-refractivity contribution < 1.29 is 18.3 Å². The van der Waals surface area contributed by atoms with Gasteiger partial charge in [0.05, 0.1) is 0 Å². The highest BCUT2D eigenvalue weighted by molar-refractivity contribution is 7.89. The third-order valence-electron chi connectivity index (χ3n) is 3.00. The lowest BCUT2D eigenvalue weighted by atomic mass is 10.3. The number of rotatable bonds is 8. The molecule has 0 atom stereocenters. The van der Waals surface area contributed by atoms with Crippen LogP contribution in [0.15, 0.2) is 10.3 Å². The monoisotopic (exact) mass is 320 g/mol. The molecule has 0 aliphatic heterocycles. The van der Waals surface area contributed by atoms with Gasteiger partial charge >= 0.3 is 5.97 Å². The molecule has 20 heavy (non-hydrogen) atoms. The molecule has 6 nitrogen and oxygen atoms in total. The van der Waals surface area contributed by atoms with Crippen LogP contribution in [0.2, 0.25) is 0 Å². The average Bonchev–Trinajstić information content (AvgIpc) is 2.77. The highest BCUT2D eigenvalue weighted by Crippen LogP contribution is 2.26. The fourth-order valence-electron chi connectivity index (χ4n) is 1.87. The van der Waals surface area contributed by atoms with E-state index in [9.17, 15) is 13.2 Å². The molecule has 0 spiro atoms. The summed E-state index contributed by atoms with van der Waals surface area (Å²) in [6, 6.07) is 0. The number of carboxylic acids is 1. The molecule has 1 aromatic heterocycles. The van der Waals surface area contributed by atoms with Crippen LogP contribution >= 0.6 is 11.3 Å². The maximum absolute atomic E-state index is 12.2. The van der Waals surface area contributed by atoms with Gasteiger partial charge in [0.1, 0.15) is 9.77 Å². The fraction of sp³-hybridized carbons (Fsp3) is 0.583. The molecule has 0 fully saturated rings. The third kappa shape index (κ3) is 4.02. The lowest BCUT2D eigenvalue weighted by Crippen LogP contribution is -2.35. The van der Waals surface area contributed by atoms with Gasteiger partial charge in [-0.05, 0) is 31.0 Å². The van der Waals surface area contributed by atoms with Crippen LogP contribution in [0.4, 0.5) is 0 Å². The largest absolute Gasteiger partial charge is 0.477 e. The van der Waals surface area contributed by atoms with Gasteiger partial charge in [0.15, 0.2) is 0 Å². The molecule has 114 valence electrons. The highest BCUT2D eigenvalue weighted by atomic mass is 32.2. The molecule has 0 saturated heterocycles. The first-order valence-electron chi connectivity index (χ1n) is 6.36. The zero-order valence-electron chi connectivity index (χ0n) is 11.8. The molecular formula is C12H20N2O4S2. The van der Waals surface area contributed by atoms with E-state index in [0.717, 1.165) is 24.4 Å². The van der Waals surface area contributed by atoms with Crippen LogP contribution in [0, 0.1) is 6.92 Å². The minimum atomic E-state index is -3.78. The number of nitrogens with one attached hydrogen (secondary N) is 1. The normalized spacial score (nSPS) is 12.0. The molecule has 0 aromatic carbocycles. The van der Waals surface area contributed by atoms with E-state index in [2.05, 4.69) is 9.62 Å². The van der Waals surface area contributed by atoms with Crippen molar-refractivity contribution in [2.75, 3.05) is 26.2 Å². The number of aryl methyl sites for hydroxylation is 1. The van der Waals surface area contributed by atoms with Gasteiger partial charge in [0.25, 0.3) is 0 Å². The summed E-state index contributed by atoms with van der Waals surface area (Å²) in [5.74, 6) is -1.22. The second kappa shape index (κ2) is 7.16. The molecule has 0 aliphatic rings. The molecular weight excluding hydrogens is 300 g/mol. The van der Waals surface area contributed by atoms with Crippen molar-refractivity contribution in [2.24, 2.45) is 0 Å². The SMILES string of the molecule is CCN(CC)CCNS(=O)(=O)c1c(C)csc1C(=O)O. The lowest BCUT2D eigenvalue weighted by Gasteiger charge is -2.18. The predicted octanol–water partition coefficient (Wildman–Crippen LogP) is 1.37. The van der Waals surface area contributed by atoms with E-state index in [1.165, 1.54) is 0 Å². The van der Waals surface area contributed by atoms with Crippen molar-refractivity contribution in [3.8, 4) is 0 Å². The Hall–Kier alpha value is -0.960. The maximum atomic E-state index is 12.2. The summed E-state index contributed by atoms with van der Waals surface area (Å²) in [6.45, 7) is 8.15. The molecule has 0 saturated carbocycles. The second-order valence-corrected chi connectivity index (χ2v) is 6.89. The van der Waals surface area contributed by atoms with Gasteiger partial charge in [-0.25, -0.2) is 17.9 Å². The number of nitrogens with zero attached hydrogens (tertiary/aromatic N) is 1. The van der Waals surface area contributed by atoms with Crippen molar-refractivity contribution in [1.29, 1.82) is 0 Å². The first kappa shape index (κ1) is 17.1.